The number of amides is 1. The summed E-state index contributed by atoms with van der Waals surface area (Å²) in [5, 5.41) is 3.54. The Morgan fingerprint density at radius 1 is 1.00 bits per heavy atom. The topological polar surface area (TPSA) is 87.3 Å². The lowest BCUT2D eigenvalue weighted by Gasteiger charge is -2.14. The molecule has 0 radical (unpaired) electrons. The highest BCUT2D eigenvalue weighted by molar-refractivity contribution is 7.98. The van der Waals surface area contributed by atoms with E-state index in [1.54, 1.807) is 60.8 Å². The summed E-state index contributed by atoms with van der Waals surface area (Å²) in [4.78, 5) is 41.9. The predicted octanol–water partition coefficient (Wildman–Crippen LogP) is 4.32. The number of aryl methyl sites for hydroxylation is 2. The highest BCUT2D eigenvalue weighted by Gasteiger charge is 2.23. The molecule has 3 aromatic carbocycles. The van der Waals surface area contributed by atoms with Crippen molar-refractivity contribution in [3.63, 3.8) is 0 Å². The second-order valence-electron chi connectivity index (χ2n) is 8.76. The lowest BCUT2D eigenvalue weighted by Crippen LogP contribution is -2.41. The summed E-state index contributed by atoms with van der Waals surface area (Å²) < 4.78 is 9.65. The van der Waals surface area contributed by atoms with E-state index in [4.69, 9.17) is 4.74 Å². The molecule has 0 spiro atoms. The molecular formula is C28H26N4O4S. The Labute approximate surface area is 217 Å². The summed E-state index contributed by atoms with van der Waals surface area (Å²) in [5.41, 5.74) is 2.48. The van der Waals surface area contributed by atoms with Gasteiger partial charge in [0.15, 0.2) is 0 Å². The van der Waals surface area contributed by atoms with Crippen molar-refractivity contribution in [2.24, 2.45) is 7.05 Å². The fourth-order valence-corrected chi connectivity index (χ4v) is 5.03. The van der Waals surface area contributed by atoms with Crippen molar-refractivity contribution in [1.82, 2.24) is 13.7 Å². The van der Waals surface area contributed by atoms with Gasteiger partial charge >= 0.3 is 5.69 Å². The van der Waals surface area contributed by atoms with Crippen LogP contribution >= 0.6 is 11.8 Å². The zero-order valence-corrected chi connectivity index (χ0v) is 21.8. The highest BCUT2D eigenvalue weighted by Crippen LogP contribution is 2.29. The third kappa shape index (κ3) is 4.31. The van der Waals surface area contributed by atoms with E-state index < -0.39 is 11.2 Å². The number of rotatable bonds is 6. The Kier molecular flexibility index (Phi) is 6.39. The highest BCUT2D eigenvalue weighted by atomic mass is 32.2. The van der Waals surface area contributed by atoms with Gasteiger partial charge in [-0.15, -0.1) is 11.8 Å². The molecule has 1 amide bonds. The smallest absolute Gasteiger partial charge is 0.336 e. The average Bonchev–Trinajstić information content (AvgIpc) is 3.19. The van der Waals surface area contributed by atoms with Crippen molar-refractivity contribution in [1.29, 1.82) is 0 Å². The number of carbonyl (C=O) groups is 1. The van der Waals surface area contributed by atoms with E-state index in [-0.39, 0.29) is 12.5 Å². The minimum absolute atomic E-state index is 0.276. The molecule has 9 heteroatoms. The van der Waals surface area contributed by atoms with Crippen molar-refractivity contribution in [2.45, 2.75) is 18.4 Å². The number of fused-ring (bicyclic) bond motifs is 3. The quantitative estimate of drug-likeness (QED) is 0.341. The number of hydrogen-bond acceptors (Lipinski definition) is 5. The van der Waals surface area contributed by atoms with Crippen LogP contribution in [0.1, 0.15) is 5.56 Å². The normalized spacial score (nSPS) is 11.2. The number of benzene rings is 3. The largest absolute Gasteiger partial charge is 0.497 e. The molecule has 0 fully saturated rings. The molecule has 5 rings (SSSR count). The van der Waals surface area contributed by atoms with E-state index in [2.05, 4.69) is 5.32 Å². The van der Waals surface area contributed by atoms with Crippen LogP contribution in [0.15, 0.2) is 81.2 Å². The van der Waals surface area contributed by atoms with Gasteiger partial charge in [0.2, 0.25) is 5.91 Å². The number of methoxy groups -OCH3 is 1. The predicted molar refractivity (Wildman–Crippen MR) is 148 cm³/mol. The van der Waals surface area contributed by atoms with Gasteiger partial charge in [0.05, 0.1) is 23.8 Å². The van der Waals surface area contributed by atoms with Gasteiger partial charge in [0.25, 0.3) is 5.56 Å². The second kappa shape index (κ2) is 9.67. The number of anilines is 1. The van der Waals surface area contributed by atoms with Gasteiger partial charge in [-0.1, -0.05) is 23.8 Å². The molecule has 37 heavy (non-hydrogen) atoms. The molecule has 0 aliphatic carbocycles. The molecule has 0 bridgehead atoms. The number of nitrogens with one attached hydrogen (secondary N) is 1. The van der Waals surface area contributed by atoms with Gasteiger partial charge in [-0.25, -0.2) is 9.36 Å². The van der Waals surface area contributed by atoms with Crippen molar-refractivity contribution >= 4 is 45.3 Å². The first kappa shape index (κ1) is 24.5. The third-order valence-electron chi connectivity index (χ3n) is 6.43. The zero-order valence-electron chi connectivity index (χ0n) is 20.9. The van der Waals surface area contributed by atoms with Gasteiger partial charge in [0.1, 0.15) is 17.8 Å². The molecule has 0 atom stereocenters. The summed E-state index contributed by atoms with van der Waals surface area (Å²) in [6, 6.07) is 20.0. The van der Waals surface area contributed by atoms with E-state index in [1.165, 1.54) is 4.57 Å². The molecule has 0 unspecified atom stereocenters. The van der Waals surface area contributed by atoms with Gasteiger partial charge < -0.3 is 14.6 Å². The number of aromatic nitrogens is 3. The number of nitrogens with zero attached hydrogens (tertiary/aromatic N) is 3. The molecule has 5 aromatic rings. The number of hydrogen-bond donors (Lipinski definition) is 1. The second-order valence-corrected chi connectivity index (χ2v) is 9.64. The van der Waals surface area contributed by atoms with Crippen LogP contribution in [0.25, 0.3) is 27.6 Å². The average molecular weight is 515 g/mol. The van der Waals surface area contributed by atoms with Crippen LogP contribution < -0.4 is 21.3 Å². The number of thioether (sulfide) groups is 1. The van der Waals surface area contributed by atoms with Crippen molar-refractivity contribution in [2.75, 3.05) is 18.7 Å². The fraction of sp³-hybridized carbons (Fsp3) is 0.179. The molecule has 2 aromatic heterocycles. The van der Waals surface area contributed by atoms with Crippen molar-refractivity contribution in [3.05, 3.63) is 93.1 Å². The summed E-state index contributed by atoms with van der Waals surface area (Å²) in [6.45, 7) is 1.66. The van der Waals surface area contributed by atoms with Gasteiger partial charge in [-0.05, 0) is 61.7 Å². The SMILES string of the molecule is COc1ccc2c(c1)c1c(c(=O)n(-c3ccc(C)cc3)c(=O)n1CC(=O)Nc1cccc(SC)c1)n2C. The van der Waals surface area contributed by atoms with Crippen LogP contribution in [0.3, 0.4) is 0 Å². The zero-order chi connectivity index (χ0) is 26.3. The minimum atomic E-state index is -0.593. The van der Waals surface area contributed by atoms with Crippen LogP contribution in [0.5, 0.6) is 5.75 Å². The van der Waals surface area contributed by atoms with Gasteiger partial charge in [-0.2, -0.15) is 0 Å². The molecule has 0 aliphatic heterocycles. The van der Waals surface area contributed by atoms with E-state index >= 15 is 0 Å². The number of ether oxygens (including phenoxy) is 1. The Balaban J connectivity index is 1.76. The molecule has 0 aliphatic rings. The summed E-state index contributed by atoms with van der Waals surface area (Å²) in [6.07, 6.45) is 1.96. The summed E-state index contributed by atoms with van der Waals surface area (Å²) in [5.74, 6) is 0.204. The maximum Gasteiger partial charge on any atom is 0.336 e. The number of carbonyl (C=O) groups excluding carboxylic acids is 1. The Hall–Kier alpha value is -4.24. The monoisotopic (exact) mass is 514 g/mol. The first-order chi connectivity index (χ1) is 17.8. The van der Waals surface area contributed by atoms with Crippen LogP contribution in [0.2, 0.25) is 0 Å². The van der Waals surface area contributed by atoms with Crippen LogP contribution in [-0.4, -0.2) is 33.0 Å². The first-order valence-electron chi connectivity index (χ1n) is 11.7. The Morgan fingerprint density at radius 2 is 1.76 bits per heavy atom. The van der Waals surface area contributed by atoms with Gasteiger partial charge in [0, 0.05) is 23.0 Å². The summed E-state index contributed by atoms with van der Waals surface area (Å²) in [7, 11) is 3.33. The molecule has 188 valence electrons. The fourth-order valence-electron chi connectivity index (χ4n) is 4.57. The molecule has 8 nitrogen and oxygen atoms in total. The Morgan fingerprint density at radius 3 is 2.46 bits per heavy atom. The molecular weight excluding hydrogens is 488 g/mol. The van der Waals surface area contributed by atoms with Crippen LogP contribution in [0.4, 0.5) is 5.69 Å². The van der Waals surface area contributed by atoms with E-state index in [0.717, 1.165) is 20.5 Å². The Bertz CT molecular complexity index is 1780. The van der Waals surface area contributed by atoms with E-state index in [1.807, 2.05) is 49.6 Å². The summed E-state index contributed by atoms with van der Waals surface area (Å²) >= 11 is 1.57. The van der Waals surface area contributed by atoms with Crippen LogP contribution in [0, 0.1) is 6.92 Å². The maximum atomic E-state index is 13.9. The minimum Gasteiger partial charge on any atom is -0.497 e. The first-order valence-corrected chi connectivity index (χ1v) is 12.9. The van der Waals surface area contributed by atoms with E-state index in [0.29, 0.717) is 33.5 Å². The molecule has 0 saturated heterocycles. The van der Waals surface area contributed by atoms with Gasteiger partial charge in [-0.3, -0.25) is 14.2 Å². The van der Waals surface area contributed by atoms with Crippen molar-refractivity contribution < 1.29 is 9.53 Å². The third-order valence-corrected chi connectivity index (χ3v) is 7.15. The lowest BCUT2D eigenvalue weighted by molar-refractivity contribution is -0.116. The standard InChI is InChI=1S/C28H26N4O4S/c1-17-8-10-19(11-9-17)32-27(34)26-25(22-15-20(36-3)12-13-23(22)30(26)2)31(28(32)35)16-24(33)29-18-6-5-7-21(14-18)37-4/h5-15H,16H2,1-4H3,(H,29,33). The molecule has 1 N–H and O–H groups in total. The maximum absolute atomic E-state index is 13.9. The van der Waals surface area contributed by atoms with Crippen LogP contribution in [-0.2, 0) is 18.4 Å². The molecule has 0 saturated carbocycles. The lowest BCUT2D eigenvalue weighted by atomic mass is 10.2. The molecule has 2 heterocycles. The van der Waals surface area contributed by atoms with E-state index in [9.17, 15) is 14.4 Å². The van der Waals surface area contributed by atoms with Crippen molar-refractivity contribution in [3.8, 4) is 11.4 Å².